The monoisotopic (exact) mass is 298 g/mol. The molecule has 0 radical (unpaired) electrons. The van der Waals surface area contributed by atoms with Crippen LogP contribution in [0.15, 0.2) is 12.1 Å². The van der Waals surface area contributed by atoms with Gasteiger partial charge in [0.1, 0.15) is 11.6 Å². The molecule has 1 aliphatic heterocycles. The van der Waals surface area contributed by atoms with Crippen LogP contribution in [0.1, 0.15) is 30.1 Å². The number of halogens is 2. The zero-order chi connectivity index (χ0) is 15.6. The van der Waals surface area contributed by atoms with Crippen LogP contribution in [0.25, 0.3) is 0 Å². The Bertz CT molecular complexity index is 578. The quantitative estimate of drug-likeness (QED) is 0.797. The Kier molecular flexibility index (Phi) is 4.52. The van der Waals surface area contributed by atoms with Gasteiger partial charge in [-0.1, -0.05) is 0 Å². The van der Waals surface area contributed by atoms with Gasteiger partial charge in [0.15, 0.2) is 0 Å². The van der Waals surface area contributed by atoms with Crippen LogP contribution in [0.5, 0.6) is 0 Å². The number of carboxylic acid groups (broad SMARTS) is 1. The predicted octanol–water partition coefficient (Wildman–Crippen LogP) is 1.99. The van der Waals surface area contributed by atoms with E-state index in [-0.39, 0.29) is 23.6 Å². The van der Waals surface area contributed by atoms with E-state index in [1.165, 1.54) is 0 Å². The summed E-state index contributed by atoms with van der Waals surface area (Å²) in [4.78, 5) is 22.9. The van der Waals surface area contributed by atoms with Crippen molar-refractivity contribution < 1.29 is 23.5 Å². The molecule has 2 rings (SSSR count). The standard InChI is InChI=1S/C14H16F2N2O3/c1-7-4-8(2-3-17-7)13(19)18-12-5-9(14(20)21)10(15)6-11(12)16/h5-8,17H,2-4H2,1H3,(H,18,19)(H,20,21). The molecule has 0 bridgehead atoms. The van der Waals surface area contributed by atoms with E-state index >= 15 is 0 Å². The fourth-order valence-corrected chi connectivity index (χ4v) is 2.41. The van der Waals surface area contributed by atoms with Gasteiger partial charge in [-0.15, -0.1) is 0 Å². The van der Waals surface area contributed by atoms with Gasteiger partial charge < -0.3 is 15.7 Å². The minimum atomic E-state index is -1.52. The van der Waals surface area contributed by atoms with Gasteiger partial charge in [-0.3, -0.25) is 4.79 Å². The summed E-state index contributed by atoms with van der Waals surface area (Å²) in [6.45, 7) is 2.63. The number of rotatable bonds is 3. The number of benzene rings is 1. The second-order valence-electron chi connectivity index (χ2n) is 5.18. The van der Waals surface area contributed by atoms with E-state index in [0.29, 0.717) is 25.5 Å². The highest BCUT2D eigenvalue weighted by molar-refractivity contribution is 5.95. The van der Waals surface area contributed by atoms with E-state index in [2.05, 4.69) is 10.6 Å². The van der Waals surface area contributed by atoms with Crippen molar-refractivity contribution in [2.24, 2.45) is 5.92 Å². The van der Waals surface area contributed by atoms with E-state index < -0.39 is 23.2 Å². The smallest absolute Gasteiger partial charge is 0.338 e. The molecule has 114 valence electrons. The Morgan fingerprint density at radius 1 is 1.33 bits per heavy atom. The van der Waals surface area contributed by atoms with Gasteiger partial charge in [0, 0.05) is 18.0 Å². The van der Waals surface area contributed by atoms with Gasteiger partial charge >= 0.3 is 5.97 Å². The first-order chi connectivity index (χ1) is 9.88. The molecule has 1 heterocycles. The first-order valence-electron chi connectivity index (χ1n) is 6.65. The Morgan fingerprint density at radius 3 is 2.67 bits per heavy atom. The van der Waals surface area contributed by atoms with E-state index in [4.69, 9.17) is 5.11 Å². The Labute approximate surface area is 120 Å². The molecule has 1 amide bonds. The zero-order valence-corrected chi connectivity index (χ0v) is 11.5. The summed E-state index contributed by atoms with van der Waals surface area (Å²) in [6, 6.07) is 1.45. The minimum Gasteiger partial charge on any atom is -0.478 e. The molecular formula is C14H16F2N2O3. The number of anilines is 1. The maximum Gasteiger partial charge on any atom is 0.338 e. The summed E-state index contributed by atoms with van der Waals surface area (Å²) in [5, 5.41) is 14.4. The third kappa shape index (κ3) is 3.55. The molecule has 1 saturated heterocycles. The van der Waals surface area contributed by atoms with Crippen LogP contribution < -0.4 is 10.6 Å². The number of aromatic carboxylic acids is 1. The van der Waals surface area contributed by atoms with Crippen molar-refractivity contribution in [2.75, 3.05) is 11.9 Å². The highest BCUT2D eigenvalue weighted by atomic mass is 19.1. The fourth-order valence-electron chi connectivity index (χ4n) is 2.41. The normalized spacial score (nSPS) is 21.9. The van der Waals surface area contributed by atoms with Gasteiger partial charge in [-0.2, -0.15) is 0 Å². The molecule has 0 aliphatic carbocycles. The van der Waals surface area contributed by atoms with Crippen LogP contribution in [0.4, 0.5) is 14.5 Å². The molecule has 2 unspecified atom stereocenters. The maximum absolute atomic E-state index is 13.6. The predicted molar refractivity (Wildman–Crippen MR) is 72.1 cm³/mol. The van der Waals surface area contributed by atoms with Gasteiger partial charge in [-0.05, 0) is 32.4 Å². The molecule has 0 aromatic heterocycles. The zero-order valence-electron chi connectivity index (χ0n) is 11.5. The lowest BCUT2D eigenvalue weighted by atomic mass is 9.92. The SMILES string of the molecule is CC1CC(C(=O)Nc2cc(C(=O)O)c(F)cc2F)CCN1. The first-order valence-corrected chi connectivity index (χ1v) is 6.65. The van der Waals surface area contributed by atoms with E-state index in [0.717, 1.165) is 6.07 Å². The number of amides is 1. The number of carbonyl (C=O) groups excluding carboxylic acids is 1. The molecule has 21 heavy (non-hydrogen) atoms. The number of carbonyl (C=O) groups is 2. The van der Waals surface area contributed by atoms with Crippen LogP contribution in [0.2, 0.25) is 0 Å². The van der Waals surface area contributed by atoms with E-state index in [1.54, 1.807) is 0 Å². The first kappa shape index (κ1) is 15.4. The highest BCUT2D eigenvalue weighted by Crippen LogP contribution is 2.23. The molecule has 1 aromatic rings. The topological polar surface area (TPSA) is 78.4 Å². The number of nitrogens with one attached hydrogen (secondary N) is 2. The van der Waals surface area contributed by atoms with Crippen molar-refractivity contribution in [3.63, 3.8) is 0 Å². The number of piperidine rings is 1. The van der Waals surface area contributed by atoms with Gasteiger partial charge in [0.25, 0.3) is 0 Å². The molecular weight excluding hydrogens is 282 g/mol. The third-order valence-corrected chi connectivity index (χ3v) is 3.54. The lowest BCUT2D eigenvalue weighted by Crippen LogP contribution is -2.40. The summed E-state index contributed by atoms with van der Waals surface area (Å²) >= 11 is 0. The highest BCUT2D eigenvalue weighted by Gasteiger charge is 2.26. The Balaban J connectivity index is 2.17. The minimum absolute atomic E-state index is 0.183. The summed E-state index contributed by atoms with van der Waals surface area (Å²) < 4.78 is 26.9. The van der Waals surface area contributed by atoms with Crippen LogP contribution in [-0.4, -0.2) is 29.6 Å². The number of hydrogen-bond donors (Lipinski definition) is 3. The number of hydrogen-bond acceptors (Lipinski definition) is 3. The van der Waals surface area contributed by atoms with Crippen LogP contribution in [-0.2, 0) is 4.79 Å². The molecule has 1 fully saturated rings. The van der Waals surface area contributed by atoms with Crippen molar-refractivity contribution in [1.29, 1.82) is 0 Å². The van der Waals surface area contributed by atoms with Crippen LogP contribution >= 0.6 is 0 Å². The summed E-state index contributed by atoms with van der Waals surface area (Å²) in [6.07, 6.45) is 1.23. The largest absolute Gasteiger partial charge is 0.478 e. The molecule has 5 nitrogen and oxygen atoms in total. The van der Waals surface area contributed by atoms with Crippen molar-refractivity contribution in [2.45, 2.75) is 25.8 Å². The lowest BCUT2D eigenvalue weighted by molar-refractivity contribution is -0.120. The van der Waals surface area contributed by atoms with Crippen molar-refractivity contribution in [3.05, 3.63) is 29.3 Å². The molecule has 1 aliphatic rings. The van der Waals surface area contributed by atoms with Crippen molar-refractivity contribution in [1.82, 2.24) is 5.32 Å². The molecule has 1 aromatic carbocycles. The summed E-state index contributed by atoms with van der Waals surface area (Å²) in [5.41, 5.74) is -0.990. The number of carboxylic acids is 1. The molecule has 0 spiro atoms. The summed E-state index contributed by atoms with van der Waals surface area (Å²) in [5.74, 6) is -4.34. The molecule has 2 atom stereocenters. The van der Waals surface area contributed by atoms with Gasteiger partial charge in [0.05, 0.1) is 11.3 Å². The second kappa shape index (κ2) is 6.17. The molecule has 0 saturated carbocycles. The van der Waals surface area contributed by atoms with Gasteiger partial charge in [0.2, 0.25) is 5.91 Å². The summed E-state index contributed by atoms with van der Waals surface area (Å²) in [7, 11) is 0. The van der Waals surface area contributed by atoms with Crippen molar-refractivity contribution in [3.8, 4) is 0 Å². The lowest BCUT2D eigenvalue weighted by Gasteiger charge is -2.27. The maximum atomic E-state index is 13.6. The fraction of sp³-hybridized carbons (Fsp3) is 0.429. The Hall–Kier alpha value is -2.02. The Morgan fingerprint density at radius 2 is 2.05 bits per heavy atom. The van der Waals surface area contributed by atoms with E-state index in [1.807, 2.05) is 6.92 Å². The van der Waals surface area contributed by atoms with Crippen molar-refractivity contribution >= 4 is 17.6 Å². The van der Waals surface area contributed by atoms with E-state index in [9.17, 15) is 18.4 Å². The van der Waals surface area contributed by atoms with Crippen LogP contribution in [0.3, 0.4) is 0 Å². The average Bonchev–Trinajstić information content (AvgIpc) is 2.41. The molecule has 3 N–H and O–H groups in total. The molecule has 7 heteroatoms. The average molecular weight is 298 g/mol. The second-order valence-corrected chi connectivity index (χ2v) is 5.18. The third-order valence-electron chi connectivity index (χ3n) is 3.54. The van der Waals surface area contributed by atoms with Gasteiger partial charge in [-0.25, -0.2) is 13.6 Å². The van der Waals surface area contributed by atoms with Crippen LogP contribution in [0, 0.1) is 17.6 Å².